The monoisotopic (exact) mass is 272 g/mol. The van der Waals surface area contributed by atoms with Crippen LogP contribution in [-0.4, -0.2) is 12.0 Å². The summed E-state index contributed by atoms with van der Waals surface area (Å²) in [4.78, 5) is 10.1. The molecule has 0 unspecified atom stereocenters. The van der Waals surface area contributed by atoms with Gasteiger partial charge in [0.15, 0.2) is 0 Å². The molecule has 0 spiro atoms. The molecule has 0 heterocycles. The van der Waals surface area contributed by atoms with Crippen LogP contribution in [0, 0.1) is 10.1 Å². The predicted octanol–water partition coefficient (Wildman–Crippen LogP) is 2.89. The molecule has 1 N–H and O–H groups in total. The number of nitrogens with one attached hydrogen (secondary N) is 1. The molecule has 0 saturated carbocycles. The number of ether oxygens (including phenoxy) is 1. The highest BCUT2D eigenvalue weighted by molar-refractivity contribution is 5.33. The Morgan fingerprint density at radius 2 is 1.65 bits per heavy atom. The van der Waals surface area contributed by atoms with E-state index in [9.17, 15) is 10.1 Å². The topological polar surface area (TPSA) is 64.4 Å². The summed E-state index contributed by atoms with van der Waals surface area (Å²) in [6.07, 6.45) is 0. The molecule has 0 bridgehead atoms. The van der Waals surface area contributed by atoms with Crippen LogP contribution in [0.25, 0.3) is 0 Å². The van der Waals surface area contributed by atoms with Crippen LogP contribution in [0.3, 0.4) is 0 Å². The molecule has 0 atom stereocenters. The van der Waals surface area contributed by atoms with Gasteiger partial charge in [0.25, 0.3) is 5.69 Å². The first-order chi connectivity index (χ1) is 9.69. The smallest absolute Gasteiger partial charge is 0.269 e. The lowest BCUT2D eigenvalue weighted by Gasteiger charge is -2.07. The lowest BCUT2D eigenvalue weighted by Crippen LogP contribution is -2.04. The normalized spacial score (nSPS) is 10.2. The van der Waals surface area contributed by atoms with Crippen LogP contribution in [0.15, 0.2) is 48.5 Å². The van der Waals surface area contributed by atoms with Crippen LogP contribution in [0.1, 0.15) is 11.1 Å². The van der Waals surface area contributed by atoms with E-state index in [0.29, 0.717) is 6.61 Å². The van der Waals surface area contributed by atoms with Crippen molar-refractivity contribution in [2.24, 2.45) is 0 Å². The lowest BCUT2D eigenvalue weighted by atomic mass is 10.2. The van der Waals surface area contributed by atoms with Crippen LogP contribution < -0.4 is 10.1 Å². The average Bonchev–Trinajstić information content (AvgIpc) is 2.47. The molecule has 0 aliphatic heterocycles. The van der Waals surface area contributed by atoms with Crippen LogP contribution in [0.4, 0.5) is 5.69 Å². The second kappa shape index (κ2) is 6.68. The van der Waals surface area contributed by atoms with Crippen LogP contribution in [-0.2, 0) is 13.2 Å². The van der Waals surface area contributed by atoms with Gasteiger partial charge in [0.1, 0.15) is 12.4 Å². The number of hydrogen-bond donors (Lipinski definition) is 1. The van der Waals surface area contributed by atoms with Crippen molar-refractivity contribution in [1.29, 1.82) is 0 Å². The highest BCUT2D eigenvalue weighted by atomic mass is 16.6. The molecular formula is C15H16N2O3. The maximum atomic E-state index is 10.5. The Kier molecular flexibility index (Phi) is 4.68. The summed E-state index contributed by atoms with van der Waals surface area (Å²) in [6.45, 7) is 1.21. The molecule has 0 amide bonds. The van der Waals surface area contributed by atoms with Crippen LogP contribution >= 0.6 is 0 Å². The fourth-order valence-corrected chi connectivity index (χ4v) is 1.79. The summed E-state index contributed by atoms with van der Waals surface area (Å²) in [6, 6.07) is 14.2. The molecule has 0 aliphatic rings. The van der Waals surface area contributed by atoms with Gasteiger partial charge < -0.3 is 10.1 Å². The van der Waals surface area contributed by atoms with Crippen molar-refractivity contribution in [3.05, 3.63) is 69.8 Å². The molecule has 0 saturated heterocycles. The number of non-ortho nitro benzene ring substituents is 1. The maximum absolute atomic E-state index is 10.5. The van der Waals surface area contributed by atoms with Crippen molar-refractivity contribution < 1.29 is 9.66 Å². The molecule has 5 nitrogen and oxygen atoms in total. The van der Waals surface area contributed by atoms with Gasteiger partial charge in [-0.15, -0.1) is 0 Å². The Labute approximate surface area is 117 Å². The average molecular weight is 272 g/mol. The van der Waals surface area contributed by atoms with Gasteiger partial charge >= 0.3 is 0 Å². The van der Waals surface area contributed by atoms with E-state index >= 15 is 0 Å². The van der Waals surface area contributed by atoms with Gasteiger partial charge in [-0.25, -0.2) is 0 Å². The highest BCUT2D eigenvalue weighted by Crippen LogP contribution is 2.16. The minimum absolute atomic E-state index is 0.0881. The number of benzene rings is 2. The third kappa shape index (κ3) is 3.80. The zero-order valence-corrected chi connectivity index (χ0v) is 11.2. The summed E-state index contributed by atoms with van der Waals surface area (Å²) >= 11 is 0. The molecule has 20 heavy (non-hydrogen) atoms. The number of nitrogens with zero attached hydrogens (tertiary/aromatic N) is 1. The SMILES string of the molecule is CNCc1ccc(OCc2ccc([N+](=O)[O-])cc2)cc1. The summed E-state index contributed by atoms with van der Waals surface area (Å²) in [5, 5.41) is 13.6. The molecule has 0 fully saturated rings. The first-order valence-corrected chi connectivity index (χ1v) is 6.28. The van der Waals surface area contributed by atoms with Gasteiger partial charge in [0.2, 0.25) is 0 Å². The molecule has 2 aromatic carbocycles. The summed E-state index contributed by atoms with van der Waals surface area (Å²) in [5.41, 5.74) is 2.18. The van der Waals surface area contributed by atoms with Crippen molar-refractivity contribution in [3.63, 3.8) is 0 Å². The maximum Gasteiger partial charge on any atom is 0.269 e. The third-order valence-electron chi connectivity index (χ3n) is 2.86. The Morgan fingerprint density at radius 1 is 1.05 bits per heavy atom. The lowest BCUT2D eigenvalue weighted by molar-refractivity contribution is -0.384. The van der Waals surface area contributed by atoms with Gasteiger partial charge in [-0.1, -0.05) is 12.1 Å². The van der Waals surface area contributed by atoms with Gasteiger partial charge in [-0.05, 0) is 42.4 Å². The Hall–Kier alpha value is -2.40. The standard InChI is InChI=1S/C15H16N2O3/c1-16-10-12-4-8-15(9-5-12)20-11-13-2-6-14(7-3-13)17(18)19/h2-9,16H,10-11H2,1H3. The molecule has 5 heteroatoms. The van der Waals surface area contributed by atoms with E-state index in [1.54, 1.807) is 12.1 Å². The van der Waals surface area contributed by atoms with Crippen molar-refractivity contribution >= 4 is 5.69 Å². The molecule has 0 radical (unpaired) electrons. The molecule has 104 valence electrons. The van der Waals surface area contributed by atoms with Crippen molar-refractivity contribution in [2.45, 2.75) is 13.2 Å². The second-order valence-electron chi connectivity index (χ2n) is 4.39. The van der Waals surface area contributed by atoms with E-state index < -0.39 is 4.92 Å². The molecular weight excluding hydrogens is 256 g/mol. The summed E-state index contributed by atoms with van der Waals surface area (Å²) < 4.78 is 5.64. The van der Waals surface area contributed by atoms with E-state index in [1.807, 2.05) is 31.3 Å². The number of hydrogen-bond acceptors (Lipinski definition) is 4. The first-order valence-electron chi connectivity index (χ1n) is 6.28. The van der Waals surface area contributed by atoms with E-state index in [0.717, 1.165) is 17.9 Å². The van der Waals surface area contributed by atoms with E-state index in [4.69, 9.17) is 4.74 Å². The third-order valence-corrected chi connectivity index (χ3v) is 2.86. The summed E-state index contributed by atoms with van der Waals surface area (Å²) in [5.74, 6) is 0.781. The number of nitro groups is 1. The fourth-order valence-electron chi connectivity index (χ4n) is 1.79. The van der Waals surface area contributed by atoms with Gasteiger partial charge in [0, 0.05) is 18.7 Å². The quantitative estimate of drug-likeness (QED) is 0.648. The minimum Gasteiger partial charge on any atom is -0.489 e. The van der Waals surface area contributed by atoms with Crippen LogP contribution in [0.2, 0.25) is 0 Å². The number of rotatable bonds is 6. The Bertz CT molecular complexity index is 565. The minimum atomic E-state index is -0.412. The zero-order valence-electron chi connectivity index (χ0n) is 11.2. The van der Waals surface area contributed by atoms with Crippen molar-refractivity contribution in [2.75, 3.05) is 7.05 Å². The molecule has 0 aliphatic carbocycles. The largest absolute Gasteiger partial charge is 0.489 e. The zero-order chi connectivity index (χ0) is 14.4. The Morgan fingerprint density at radius 3 is 2.20 bits per heavy atom. The second-order valence-corrected chi connectivity index (χ2v) is 4.39. The first kappa shape index (κ1) is 14.0. The van der Waals surface area contributed by atoms with Gasteiger partial charge in [0.05, 0.1) is 4.92 Å². The fraction of sp³-hybridized carbons (Fsp3) is 0.200. The van der Waals surface area contributed by atoms with E-state index in [-0.39, 0.29) is 5.69 Å². The van der Waals surface area contributed by atoms with Crippen molar-refractivity contribution in [3.8, 4) is 5.75 Å². The highest BCUT2D eigenvalue weighted by Gasteiger charge is 2.04. The predicted molar refractivity (Wildman–Crippen MR) is 76.6 cm³/mol. The van der Waals surface area contributed by atoms with Gasteiger partial charge in [-0.3, -0.25) is 10.1 Å². The molecule has 2 rings (SSSR count). The van der Waals surface area contributed by atoms with Crippen molar-refractivity contribution in [1.82, 2.24) is 5.32 Å². The van der Waals surface area contributed by atoms with Gasteiger partial charge in [-0.2, -0.15) is 0 Å². The number of nitro benzene ring substituents is 1. The summed E-state index contributed by atoms with van der Waals surface area (Å²) in [7, 11) is 1.90. The van der Waals surface area contributed by atoms with E-state index in [1.165, 1.54) is 17.7 Å². The van der Waals surface area contributed by atoms with E-state index in [2.05, 4.69) is 5.32 Å². The van der Waals surface area contributed by atoms with Crippen LogP contribution in [0.5, 0.6) is 5.75 Å². The molecule has 0 aromatic heterocycles. The Balaban J connectivity index is 1.92. The molecule has 2 aromatic rings.